The van der Waals surface area contributed by atoms with Gasteiger partial charge >= 0.3 is 5.97 Å². The lowest BCUT2D eigenvalue weighted by Gasteiger charge is -2.37. The van der Waals surface area contributed by atoms with Gasteiger partial charge in [-0.3, -0.25) is 9.69 Å². The minimum atomic E-state index is -0.685. The number of anilines is 1. The lowest BCUT2D eigenvalue weighted by Crippen LogP contribution is -2.39. The number of nitrogens with zero attached hydrogens (tertiary/aromatic N) is 2. The van der Waals surface area contributed by atoms with E-state index in [1.807, 2.05) is 56.6 Å². The molecule has 0 aromatic heterocycles. The van der Waals surface area contributed by atoms with Crippen LogP contribution in [-0.2, 0) is 4.79 Å². The molecular formula is C27H30N2O3. The van der Waals surface area contributed by atoms with E-state index in [9.17, 15) is 9.90 Å². The minimum Gasteiger partial charge on any atom is -0.481 e. The number of aliphatic carboxylic acids is 1. The van der Waals surface area contributed by atoms with Crippen molar-refractivity contribution < 1.29 is 14.6 Å². The van der Waals surface area contributed by atoms with Crippen LogP contribution < -0.4 is 9.64 Å². The second-order valence-electron chi connectivity index (χ2n) is 8.52. The molecule has 1 fully saturated rings. The summed E-state index contributed by atoms with van der Waals surface area (Å²) >= 11 is 0. The van der Waals surface area contributed by atoms with Crippen molar-refractivity contribution in [1.29, 1.82) is 0 Å². The molecule has 1 saturated heterocycles. The van der Waals surface area contributed by atoms with Gasteiger partial charge in [-0.15, -0.1) is 0 Å². The predicted molar refractivity (Wildman–Crippen MR) is 128 cm³/mol. The number of hydrogen-bond donors (Lipinski definition) is 1. The van der Waals surface area contributed by atoms with Crippen LogP contribution >= 0.6 is 0 Å². The van der Waals surface area contributed by atoms with Gasteiger partial charge in [-0.25, -0.2) is 0 Å². The highest BCUT2D eigenvalue weighted by Crippen LogP contribution is 2.35. The average molecular weight is 431 g/mol. The van der Waals surface area contributed by atoms with Crippen LogP contribution in [0.25, 0.3) is 0 Å². The Hall–Kier alpha value is -3.31. The van der Waals surface area contributed by atoms with E-state index in [0.717, 1.165) is 35.8 Å². The number of rotatable bonds is 7. The summed E-state index contributed by atoms with van der Waals surface area (Å²) in [6, 6.07) is 26.7. The summed E-state index contributed by atoms with van der Waals surface area (Å²) < 4.78 is 6.09. The second kappa shape index (κ2) is 9.88. The van der Waals surface area contributed by atoms with Gasteiger partial charge in [0.2, 0.25) is 0 Å². The third-order valence-electron chi connectivity index (χ3n) is 6.12. The first-order valence-corrected chi connectivity index (χ1v) is 11.1. The Labute approximate surface area is 189 Å². The zero-order chi connectivity index (χ0) is 22.5. The molecule has 0 amide bonds. The molecule has 0 saturated carbocycles. The molecule has 1 unspecified atom stereocenters. The summed E-state index contributed by atoms with van der Waals surface area (Å²) in [5, 5.41) is 9.42. The molecule has 1 atom stereocenters. The van der Waals surface area contributed by atoms with E-state index in [0.29, 0.717) is 12.8 Å². The van der Waals surface area contributed by atoms with Crippen LogP contribution in [0.4, 0.5) is 5.69 Å². The van der Waals surface area contributed by atoms with E-state index >= 15 is 0 Å². The molecule has 1 aliphatic rings. The topological polar surface area (TPSA) is 53.0 Å². The summed E-state index contributed by atoms with van der Waals surface area (Å²) in [4.78, 5) is 15.9. The van der Waals surface area contributed by atoms with Gasteiger partial charge in [0.1, 0.15) is 11.5 Å². The van der Waals surface area contributed by atoms with E-state index in [1.54, 1.807) is 0 Å². The Morgan fingerprint density at radius 1 is 0.906 bits per heavy atom. The standard InChI is InChI=1S/C27H30N2O3/c1-28(2)23-13-11-20(12-14-23)26(29-17-15-21(16-18-29)27(30)31)22-7-6-10-25(19-22)32-24-8-4-3-5-9-24/h3-14,19,21,26H,15-18H2,1-2H3,(H,30,31). The van der Waals surface area contributed by atoms with Crippen molar-refractivity contribution in [1.82, 2.24) is 4.90 Å². The van der Waals surface area contributed by atoms with Crippen LogP contribution in [0.3, 0.4) is 0 Å². The Morgan fingerprint density at radius 2 is 1.56 bits per heavy atom. The molecule has 3 aromatic rings. The van der Waals surface area contributed by atoms with Crippen molar-refractivity contribution in [3.63, 3.8) is 0 Å². The van der Waals surface area contributed by atoms with Crippen molar-refractivity contribution in [3.8, 4) is 11.5 Å². The summed E-state index contributed by atoms with van der Waals surface area (Å²) in [5.74, 6) is 0.661. The molecule has 3 aromatic carbocycles. The molecular weight excluding hydrogens is 400 g/mol. The van der Waals surface area contributed by atoms with Crippen molar-refractivity contribution in [3.05, 3.63) is 90.0 Å². The third-order valence-corrected chi connectivity index (χ3v) is 6.12. The van der Waals surface area contributed by atoms with Crippen molar-refractivity contribution in [2.24, 2.45) is 5.92 Å². The smallest absolute Gasteiger partial charge is 0.306 e. The van der Waals surface area contributed by atoms with E-state index in [-0.39, 0.29) is 12.0 Å². The van der Waals surface area contributed by atoms with E-state index in [2.05, 4.69) is 46.2 Å². The van der Waals surface area contributed by atoms with Crippen molar-refractivity contribution >= 4 is 11.7 Å². The zero-order valence-corrected chi connectivity index (χ0v) is 18.6. The van der Waals surface area contributed by atoms with Gasteiger partial charge in [0, 0.05) is 19.8 Å². The summed E-state index contributed by atoms with van der Waals surface area (Å²) in [6.45, 7) is 1.50. The van der Waals surface area contributed by atoms with E-state index in [1.165, 1.54) is 5.56 Å². The molecule has 0 spiro atoms. The van der Waals surface area contributed by atoms with Crippen LogP contribution in [0.15, 0.2) is 78.9 Å². The second-order valence-corrected chi connectivity index (χ2v) is 8.52. The monoisotopic (exact) mass is 430 g/mol. The quantitative estimate of drug-likeness (QED) is 0.542. The molecule has 0 bridgehead atoms. The predicted octanol–water partition coefficient (Wildman–Crippen LogP) is 5.43. The van der Waals surface area contributed by atoms with Gasteiger partial charge < -0.3 is 14.7 Å². The van der Waals surface area contributed by atoms with Gasteiger partial charge in [-0.2, -0.15) is 0 Å². The molecule has 1 N–H and O–H groups in total. The van der Waals surface area contributed by atoms with Crippen LogP contribution in [0.1, 0.15) is 30.0 Å². The molecule has 5 nitrogen and oxygen atoms in total. The lowest BCUT2D eigenvalue weighted by molar-refractivity contribution is -0.143. The number of benzene rings is 3. The van der Waals surface area contributed by atoms with Crippen LogP contribution in [-0.4, -0.2) is 43.2 Å². The van der Waals surface area contributed by atoms with Crippen molar-refractivity contribution in [2.45, 2.75) is 18.9 Å². The number of carbonyl (C=O) groups is 1. The number of carboxylic acids is 1. The van der Waals surface area contributed by atoms with Crippen molar-refractivity contribution in [2.75, 3.05) is 32.1 Å². The zero-order valence-electron chi connectivity index (χ0n) is 18.6. The Bertz CT molecular complexity index is 1030. The first kappa shape index (κ1) is 21.9. The maximum Gasteiger partial charge on any atom is 0.306 e. The van der Waals surface area contributed by atoms with Gasteiger partial charge in [0.25, 0.3) is 0 Å². The average Bonchev–Trinajstić information content (AvgIpc) is 2.81. The number of likely N-dealkylation sites (tertiary alicyclic amines) is 1. The molecule has 1 heterocycles. The maximum atomic E-state index is 11.5. The fourth-order valence-corrected chi connectivity index (χ4v) is 4.35. The first-order chi connectivity index (χ1) is 15.5. The first-order valence-electron chi connectivity index (χ1n) is 11.1. The largest absolute Gasteiger partial charge is 0.481 e. The highest BCUT2D eigenvalue weighted by Gasteiger charge is 2.30. The van der Waals surface area contributed by atoms with Gasteiger partial charge in [0.05, 0.1) is 12.0 Å². The molecule has 1 aliphatic heterocycles. The summed E-state index contributed by atoms with van der Waals surface area (Å²) in [7, 11) is 4.07. The number of para-hydroxylation sites is 1. The number of carboxylic acid groups (broad SMARTS) is 1. The van der Waals surface area contributed by atoms with E-state index in [4.69, 9.17) is 4.74 Å². The lowest BCUT2D eigenvalue weighted by atomic mass is 9.91. The van der Waals surface area contributed by atoms with Crippen LogP contribution in [0, 0.1) is 5.92 Å². The van der Waals surface area contributed by atoms with Gasteiger partial charge in [-0.1, -0.05) is 42.5 Å². The minimum absolute atomic E-state index is 0.0419. The molecule has 0 aliphatic carbocycles. The summed E-state index contributed by atoms with van der Waals surface area (Å²) in [6.07, 6.45) is 1.34. The number of hydrogen-bond acceptors (Lipinski definition) is 4. The Kier molecular flexibility index (Phi) is 6.76. The van der Waals surface area contributed by atoms with Gasteiger partial charge in [-0.05, 0) is 73.5 Å². The molecule has 166 valence electrons. The number of piperidine rings is 1. The maximum absolute atomic E-state index is 11.5. The van der Waals surface area contributed by atoms with Crippen LogP contribution in [0.5, 0.6) is 11.5 Å². The molecule has 0 radical (unpaired) electrons. The van der Waals surface area contributed by atoms with Gasteiger partial charge in [0.15, 0.2) is 0 Å². The SMILES string of the molecule is CN(C)c1ccc(C(c2cccc(Oc3ccccc3)c2)N2CCC(C(=O)O)CC2)cc1. The fourth-order valence-electron chi connectivity index (χ4n) is 4.35. The molecule has 5 heteroatoms. The highest BCUT2D eigenvalue weighted by molar-refractivity contribution is 5.70. The fraction of sp³-hybridized carbons (Fsp3) is 0.296. The highest BCUT2D eigenvalue weighted by atomic mass is 16.5. The Morgan fingerprint density at radius 3 is 2.19 bits per heavy atom. The third kappa shape index (κ3) is 5.11. The molecule has 32 heavy (non-hydrogen) atoms. The normalized spacial score (nSPS) is 15.8. The number of ether oxygens (including phenoxy) is 1. The summed E-state index contributed by atoms with van der Waals surface area (Å²) in [5.41, 5.74) is 3.49. The van der Waals surface area contributed by atoms with E-state index < -0.39 is 5.97 Å². The Balaban J connectivity index is 1.64. The molecule has 4 rings (SSSR count). The van der Waals surface area contributed by atoms with Crippen LogP contribution in [0.2, 0.25) is 0 Å².